The van der Waals surface area contributed by atoms with Gasteiger partial charge in [-0.2, -0.15) is 4.31 Å². The molecule has 0 saturated carbocycles. The van der Waals surface area contributed by atoms with Gasteiger partial charge in [-0.3, -0.25) is 9.48 Å². The summed E-state index contributed by atoms with van der Waals surface area (Å²) >= 11 is 0. The fourth-order valence-corrected chi connectivity index (χ4v) is 5.71. The van der Waals surface area contributed by atoms with Crippen molar-refractivity contribution in [3.63, 3.8) is 0 Å². The summed E-state index contributed by atoms with van der Waals surface area (Å²) in [4.78, 5) is 14.8. The first-order valence-corrected chi connectivity index (χ1v) is 14.8. The van der Waals surface area contributed by atoms with E-state index in [4.69, 9.17) is 9.47 Å². The number of sulfonamides is 1. The maximum atomic E-state index is 13.5. The molecule has 0 fully saturated rings. The molecule has 40 heavy (non-hydrogen) atoms. The molecule has 3 aromatic rings. The van der Waals surface area contributed by atoms with Crippen LogP contribution >= 0.6 is 0 Å². The second kappa shape index (κ2) is 13.4. The Morgan fingerprint density at radius 1 is 1.15 bits per heavy atom. The molecule has 216 valence electrons. The predicted molar refractivity (Wildman–Crippen MR) is 148 cm³/mol. The first kappa shape index (κ1) is 29.7. The zero-order valence-corrected chi connectivity index (χ0v) is 23.9. The molecule has 0 radical (unpaired) electrons. The standard InChI is InChI=1S/C28H37N5O6S/c1-21-16-33(22(2)19-34)28(35)10-7-15-32-17-23(29-30-32)20-38-27(21)18-31(3)40(36,37)26-13-11-25(12-14-26)39-24-8-5-4-6-9-24/h4-6,8-9,11-14,17,21-22,27,34H,7,10,15-16,18-20H2,1-3H3/t21-,22+,27-/m1/s1. The van der Waals surface area contributed by atoms with Crippen molar-refractivity contribution in [1.29, 1.82) is 0 Å². The lowest BCUT2D eigenvalue weighted by Gasteiger charge is -2.35. The number of likely N-dealkylation sites (N-methyl/N-ethyl adjacent to an activating group) is 1. The Balaban J connectivity index is 1.51. The molecular weight excluding hydrogens is 534 g/mol. The van der Waals surface area contributed by atoms with Crippen LogP contribution in [0.4, 0.5) is 0 Å². The fraction of sp³-hybridized carbons (Fsp3) is 0.464. The van der Waals surface area contributed by atoms with E-state index < -0.39 is 16.1 Å². The Kier molecular flexibility index (Phi) is 9.90. The maximum Gasteiger partial charge on any atom is 0.242 e. The second-order valence-corrected chi connectivity index (χ2v) is 12.2. The summed E-state index contributed by atoms with van der Waals surface area (Å²) in [6, 6.07) is 15.1. The molecule has 2 heterocycles. The third-order valence-corrected chi connectivity index (χ3v) is 8.83. The molecule has 0 aliphatic carbocycles. The highest BCUT2D eigenvalue weighted by Gasteiger charge is 2.31. The summed E-state index contributed by atoms with van der Waals surface area (Å²) in [5.41, 5.74) is 0.628. The fourth-order valence-electron chi connectivity index (χ4n) is 4.53. The third kappa shape index (κ3) is 7.45. The highest BCUT2D eigenvalue weighted by molar-refractivity contribution is 7.89. The minimum absolute atomic E-state index is 0.0510. The number of fused-ring (bicyclic) bond motifs is 2. The van der Waals surface area contributed by atoms with Crippen LogP contribution in [0.2, 0.25) is 0 Å². The number of aliphatic hydroxyl groups is 1. The first-order chi connectivity index (χ1) is 19.2. The molecule has 4 rings (SSSR count). The number of para-hydroxylation sites is 1. The molecule has 12 heteroatoms. The number of aryl methyl sites for hydroxylation is 1. The Morgan fingerprint density at radius 3 is 2.55 bits per heavy atom. The minimum Gasteiger partial charge on any atom is -0.457 e. The van der Waals surface area contributed by atoms with Gasteiger partial charge in [-0.25, -0.2) is 8.42 Å². The monoisotopic (exact) mass is 571 g/mol. The minimum atomic E-state index is -3.85. The van der Waals surface area contributed by atoms with Gasteiger partial charge in [0.05, 0.1) is 36.5 Å². The van der Waals surface area contributed by atoms with E-state index in [1.54, 1.807) is 34.8 Å². The number of nitrogens with zero attached hydrogens (tertiary/aromatic N) is 5. The maximum absolute atomic E-state index is 13.5. The number of hydrogen-bond acceptors (Lipinski definition) is 8. The average molecular weight is 572 g/mol. The lowest BCUT2D eigenvalue weighted by Crippen LogP contribution is -2.47. The van der Waals surface area contributed by atoms with E-state index in [1.165, 1.54) is 23.5 Å². The highest BCUT2D eigenvalue weighted by atomic mass is 32.2. The van der Waals surface area contributed by atoms with Crippen molar-refractivity contribution in [2.45, 2.75) is 56.9 Å². The van der Waals surface area contributed by atoms with E-state index >= 15 is 0 Å². The smallest absolute Gasteiger partial charge is 0.242 e. The zero-order chi connectivity index (χ0) is 28.7. The topological polar surface area (TPSA) is 127 Å². The number of aromatic nitrogens is 3. The molecule has 0 unspecified atom stereocenters. The van der Waals surface area contributed by atoms with Crippen LogP contribution < -0.4 is 4.74 Å². The number of amides is 1. The van der Waals surface area contributed by atoms with Gasteiger partial charge >= 0.3 is 0 Å². The van der Waals surface area contributed by atoms with Crippen molar-refractivity contribution in [2.24, 2.45) is 5.92 Å². The molecule has 1 aliphatic heterocycles. The number of hydrogen-bond donors (Lipinski definition) is 1. The Bertz CT molecular complexity index is 1350. The van der Waals surface area contributed by atoms with Crippen molar-refractivity contribution in [3.05, 3.63) is 66.5 Å². The van der Waals surface area contributed by atoms with Crippen molar-refractivity contribution >= 4 is 15.9 Å². The normalized spacial score (nSPS) is 19.9. The number of aliphatic hydroxyl groups excluding tert-OH is 1. The molecule has 2 aromatic carbocycles. The quantitative estimate of drug-likeness (QED) is 0.437. The number of benzene rings is 2. The third-order valence-electron chi connectivity index (χ3n) is 6.99. The van der Waals surface area contributed by atoms with Gasteiger partial charge in [0.25, 0.3) is 0 Å². The molecular formula is C28H37N5O6S. The average Bonchev–Trinajstić information content (AvgIpc) is 3.41. The highest BCUT2D eigenvalue weighted by Crippen LogP contribution is 2.25. The van der Waals surface area contributed by atoms with Gasteiger partial charge in [-0.05, 0) is 49.7 Å². The van der Waals surface area contributed by atoms with Crippen LogP contribution in [-0.2, 0) is 32.7 Å². The summed E-state index contributed by atoms with van der Waals surface area (Å²) in [5.74, 6) is 0.858. The Labute approximate surface area is 235 Å². The van der Waals surface area contributed by atoms with E-state index in [9.17, 15) is 18.3 Å². The Morgan fingerprint density at radius 2 is 1.85 bits per heavy atom. The van der Waals surface area contributed by atoms with Crippen LogP contribution in [0, 0.1) is 5.92 Å². The molecule has 1 aromatic heterocycles. The summed E-state index contributed by atoms with van der Waals surface area (Å²) in [6.07, 6.45) is 2.10. The number of ether oxygens (including phenoxy) is 2. The van der Waals surface area contributed by atoms with E-state index in [0.717, 1.165) is 0 Å². The van der Waals surface area contributed by atoms with E-state index in [-0.39, 0.29) is 42.5 Å². The lowest BCUT2D eigenvalue weighted by atomic mass is 10.0. The molecule has 11 nitrogen and oxygen atoms in total. The van der Waals surface area contributed by atoms with Gasteiger partial charge in [-0.1, -0.05) is 30.3 Å². The van der Waals surface area contributed by atoms with E-state index in [1.807, 2.05) is 37.3 Å². The molecule has 1 N–H and O–H groups in total. The van der Waals surface area contributed by atoms with E-state index in [2.05, 4.69) is 10.3 Å². The second-order valence-electron chi connectivity index (χ2n) is 10.2. The van der Waals surface area contributed by atoms with Crippen LogP contribution in [0.3, 0.4) is 0 Å². The number of carbonyl (C=O) groups excluding carboxylic acids is 1. The Hall–Kier alpha value is -3.32. The predicted octanol–water partition coefficient (Wildman–Crippen LogP) is 2.92. The largest absolute Gasteiger partial charge is 0.457 e. The molecule has 0 spiro atoms. The molecule has 0 saturated heterocycles. The molecule has 2 bridgehead atoms. The van der Waals surface area contributed by atoms with Crippen molar-refractivity contribution in [3.8, 4) is 11.5 Å². The van der Waals surface area contributed by atoms with Gasteiger partial charge in [0.2, 0.25) is 15.9 Å². The van der Waals surface area contributed by atoms with Crippen molar-refractivity contribution in [1.82, 2.24) is 24.2 Å². The number of rotatable bonds is 8. The first-order valence-electron chi connectivity index (χ1n) is 13.4. The van der Waals surface area contributed by atoms with Crippen LogP contribution in [0.15, 0.2) is 65.7 Å². The molecule has 1 aliphatic rings. The summed E-state index contributed by atoms with van der Waals surface area (Å²) in [6.45, 7) is 4.59. The summed E-state index contributed by atoms with van der Waals surface area (Å²) in [5, 5.41) is 18.0. The van der Waals surface area contributed by atoms with Crippen LogP contribution in [-0.4, -0.2) is 82.5 Å². The number of carbonyl (C=O) groups is 1. The van der Waals surface area contributed by atoms with Crippen LogP contribution in [0.25, 0.3) is 0 Å². The van der Waals surface area contributed by atoms with Gasteiger partial charge in [-0.15, -0.1) is 5.10 Å². The molecule has 1 amide bonds. The van der Waals surface area contributed by atoms with Crippen molar-refractivity contribution < 1.29 is 27.8 Å². The van der Waals surface area contributed by atoms with Gasteiger partial charge < -0.3 is 19.5 Å². The van der Waals surface area contributed by atoms with Gasteiger partial charge in [0.15, 0.2) is 0 Å². The molecule has 3 atom stereocenters. The summed E-state index contributed by atoms with van der Waals surface area (Å²) in [7, 11) is -2.34. The van der Waals surface area contributed by atoms with E-state index in [0.29, 0.717) is 43.1 Å². The zero-order valence-electron chi connectivity index (χ0n) is 23.1. The van der Waals surface area contributed by atoms with Crippen molar-refractivity contribution in [2.75, 3.05) is 26.7 Å². The van der Waals surface area contributed by atoms with Gasteiger partial charge in [0.1, 0.15) is 17.2 Å². The van der Waals surface area contributed by atoms with Crippen LogP contribution in [0.5, 0.6) is 11.5 Å². The lowest BCUT2D eigenvalue weighted by molar-refractivity contribution is -0.136. The van der Waals surface area contributed by atoms with Crippen LogP contribution in [0.1, 0.15) is 32.4 Å². The summed E-state index contributed by atoms with van der Waals surface area (Å²) < 4.78 is 41.9. The van der Waals surface area contributed by atoms with Gasteiger partial charge in [0, 0.05) is 39.0 Å². The SMILES string of the molecule is C[C@@H]1CN([C@@H](C)CO)C(=O)CCCn2cc(nn2)CO[C@@H]1CN(C)S(=O)(=O)c1ccc(Oc2ccccc2)cc1.